The maximum absolute atomic E-state index is 13.4. The van der Waals surface area contributed by atoms with Crippen LogP contribution in [0, 0.1) is 11.6 Å². The maximum Gasteiger partial charge on any atom is 0.234 e. The van der Waals surface area contributed by atoms with E-state index < -0.39 is 17.7 Å². The Labute approximate surface area is 138 Å². The highest BCUT2D eigenvalue weighted by Crippen LogP contribution is 2.29. The maximum atomic E-state index is 13.4. The topological polar surface area (TPSA) is 63.5 Å². The lowest BCUT2D eigenvalue weighted by Crippen LogP contribution is -2.40. The van der Waals surface area contributed by atoms with E-state index in [1.807, 2.05) is 0 Å². The van der Waals surface area contributed by atoms with E-state index in [1.54, 1.807) is 18.4 Å². The molecule has 128 valence electrons. The highest BCUT2D eigenvalue weighted by atomic mass is 19.2. The van der Waals surface area contributed by atoms with Crippen molar-refractivity contribution in [3.8, 4) is 0 Å². The number of benzene rings is 1. The normalized spacial score (nSPS) is 20.2. The quantitative estimate of drug-likeness (QED) is 0.850. The van der Waals surface area contributed by atoms with Crippen molar-refractivity contribution in [3.63, 3.8) is 0 Å². The minimum Gasteiger partial charge on any atom is -0.467 e. The number of rotatable bonds is 6. The van der Waals surface area contributed by atoms with Gasteiger partial charge in [0.15, 0.2) is 11.6 Å². The Morgan fingerprint density at radius 1 is 1.25 bits per heavy atom. The van der Waals surface area contributed by atoms with Crippen molar-refractivity contribution >= 4 is 5.91 Å². The predicted octanol–water partition coefficient (Wildman–Crippen LogP) is 2.29. The molecule has 0 radical (unpaired) electrons. The first kappa shape index (κ1) is 16.6. The van der Waals surface area contributed by atoms with Gasteiger partial charge >= 0.3 is 0 Å². The van der Waals surface area contributed by atoms with E-state index in [0.717, 1.165) is 12.1 Å². The number of amides is 1. The minimum atomic E-state index is -0.905. The molecule has 24 heavy (non-hydrogen) atoms. The van der Waals surface area contributed by atoms with E-state index in [-0.39, 0.29) is 18.5 Å². The second-order valence-electron chi connectivity index (χ2n) is 5.60. The third kappa shape index (κ3) is 3.98. The summed E-state index contributed by atoms with van der Waals surface area (Å²) in [5.74, 6) is -1.30. The lowest BCUT2D eigenvalue weighted by Gasteiger charge is -2.20. The summed E-state index contributed by atoms with van der Waals surface area (Å²) >= 11 is 0. The van der Waals surface area contributed by atoms with Crippen molar-refractivity contribution in [2.45, 2.75) is 25.1 Å². The number of furan rings is 1. The summed E-state index contributed by atoms with van der Waals surface area (Å²) in [5, 5.41) is 5.84. The minimum absolute atomic E-state index is 0.106. The van der Waals surface area contributed by atoms with Gasteiger partial charge < -0.3 is 19.8 Å². The van der Waals surface area contributed by atoms with Crippen LogP contribution in [-0.4, -0.2) is 25.1 Å². The molecule has 1 amide bonds. The third-order valence-corrected chi connectivity index (χ3v) is 3.93. The van der Waals surface area contributed by atoms with Gasteiger partial charge in [-0.25, -0.2) is 8.78 Å². The molecule has 7 heteroatoms. The predicted molar refractivity (Wildman–Crippen MR) is 82.0 cm³/mol. The Bertz CT molecular complexity index is 691. The zero-order valence-electron chi connectivity index (χ0n) is 12.9. The largest absolute Gasteiger partial charge is 0.467 e. The number of carbonyl (C=O) groups excluding carboxylic acids is 1. The van der Waals surface area contributed by atoms with Crippen LogP contribution >= 0.6 is 0 Å². The molecule has 3 rings (SSSR count). The monoisotopic (exact) mass is 336 g/mol. The summed E-state index contributed by atoms with van der Waals surface area (Å²) in [6.45, 7) is 0.922. The van der Waals surface area contributed by atoms with Gasteiger partial charge in [0.1, 0.15) is 5.76 Å². The van der Waals surface area contributed by atoms with Crippen LogP contribution < -0.4 is 10.6 Å². The molecule has 0 spiro atoms. The SMILES string of the molecule is O=C(CNC1CCOC1c1ccc(F)c(F)c1)NCc1ccco1. The molecule has 5 nitrogen and oxygen atoms in total. The Morgan fingerprint density at radius 2 is 2.12 bits per heavy atom. The average Bonchev–Trinajstić information content (AvgIpc) is 3.25. The molecule has 2 N–H and O–H groups in total. The molecular weight excluding hydrogens is 318 g/mol. The summed E-state index contributed by atoms with van der Waals surface area (Å²) in [6.07, 6.45) is 1.83. The molecule has 1 aromatic heterocycles. The van der Waals surface area contributed by atoms with Crippen molar-refractivity contribution < 1.29 is 22.7 Å². The van der Waals surface area contributed by atoms with Gasteiger partial charge in [0.2, 0.25) is 5.91 Å². The van der Waals surface area contributed by atoms with Crippen molar-refractivity contribution in [2.24, 2.45) is 0 Å². The van der Waals surface area contributed by atoms with E-state index in [4.69, 9.17) is 9.15 Å². The number of ether oxygens (including phenoxy) is 1. The molecule has 1 fully saturated rings. The molecule has 2 unspecified atom stereocenters. The molecule has 2 aromatic rings. The van der Waals surface area contributed by atoms with Gasteiger partial charge in [-0.1, -0.05) is 6.07 Å². The first-order valence-corrected chi connectivity index (χ1v) is 7.72. The van der Waals surface area contributed by atoms with Gasteiger partial charge in [0.25, 0.3) is 0 Å². The van der Waals surface area contributed by atoms with Gasteiger partial charge in [0.05, 0.1) is 25.5 Å². The fourth-order valence-electron chi connectivity index (χ4n) is 2.70. The van der Waals surface area contributed by atoms with Crippen molar-refractivity contribution in [2.75, 3.05) is 13.2 Å². The lowest BCUT2D eigenvalue weighted by atomic mass is 10.0. The van der Waals surface area contributed by atoms with Crippen LogP contribution in [0.2, 0.25) is 0 Å². The summed E-state index contributed by atoms with van der Waals surface area (Å²) in [7, 11) is 0. The molecule has 1 saturated heterocycles. The first-order valence-electron chi connectivity index (χ1n) is 7.72. The van der Waals surface area contributed by atoms with Crippen LogP contribution in [0.3, 0.4) is 0 Å². The number of halogens is 2. The van der Waals surface area contributed by atoms with Crippen LogP contribution in [-0.2, 0) is 16.1 Å². The standard InChI is InChI=1S/C17H18F2N2O3/c18-13-4-3-11(8-14(13)19)17-15(5-7-24-17)20-10-16(22)21-9-12-2-1-6-23-12/h1-4,6,8,15,17,20H,5,7,9-10H2,(H,21,22). The molecular formula is C17H18F2N2O3. The zero-order valence-corrected chi connectivity index (χ0v) is 12.9. The second-order valence-corrected chi connectivity index (χ2v) is 5.60. The molecule has 0 saturated carbocycles. The van der Waals surface area contributed by atoms with Gasteiger partial charge in [-0.2, -0.15) is 0 Å². The molecule has 1 aliphatic heterocycles. The second kappa shape index (κ2) is 7.55. The van der Waals surface area contributed by atoms with Crippen LogP contribution in [0.4, 0.5) is 8.78 Å². The van der Waals surface area contributed by atoms with E-state index in [9.17, 15) is 13.6 Å². The van der Waals surface area contributed by atoms with Gasteiger partial charge in [0, 0.05) is 12.6 Å². The summed E-state index contributed by atoms with van der Waals surface area (Å²) in [4.78, 5) is 11.9. The van der Waals surface area contributed by atoms with Crippen molar-refractivity contribution in [1.82, 2.24) is 10.6 Å². The Hall–Kier alpha value is -2.25. The van der Waals surface area contributed by atoms with Gasteiger partial charge in [-0.3, -0.25) is 4.79 Å². The molecule has 2 atom stereocenters. The number of nitrogens with one attached hydrogen (secondary N) is 2. The highest BCUT2D eigenvalue weighted by Gasteiger charge is 2.30. The molecule has 2 heterocycles. The molecule has 0 aliphatic carbocycles. The Kier molecular flexibility index (Phi) is 5.22. The van der Waals surface area contributed by atoms with Crippen molar-refractivity contribution in [1.29, 1.82) is 0 Å². The van der Waals surface area contributed by atoms with E-state index >= 15 is 0 Å². The van der Waals surface area contributed by atoms with Crippen LogP contribution in [0.5, 0.6) is 0 Å². The average molecular weight is 336 g/mol. The Balaban J connectivity index is 1.52. The van der Waals surface area contributed by atoms with Gasteiger partial charge in [-0.05, 0) is 36.2 Å². The third-order valence-electron chi connectivity index (χ3n) is 3.93. The highest BCUT2D eigenvalue weighted by molar-refractivity contribution is 5.77. The summed E-state index contributed by atoms with van der Waals surface area (Å²) in [5.41, 5.74) is 0.555. The van der Waals surface area contributed by atoms with Gasteiger partial charge in [-0.15, -0.1) is 0 Å². The lowest BCUT2D eigenvalue weighted by molar-refractivity contribution is -0.120. The smallest absolute Gasteiger partial charge is 0.234 e. The molecule has 1 aromatic carbocycles. The fourth-order valence-corrected chi connectivity index (χ4v) is 2.70. The summed E-state index contributed by atoms with van der Waals surface area (Å²) < 4.78 is 37.2. The zero-order chi connectivity index (χ0) is 16.9. The van der Waals surface area contributed by atoms with Crippen LogP contribution in [0.25, 0.3) is 0 Å². The molecule has 1 aliphatic rings. The number of carbonyl (C=O) groups is 1. The van der Waals surface area contributed by atoms with E-state index in [0.29, 0.717) is 30.9 Å². The van der Waals surface area contributed by atoms with Crippen LogP contribution in [0.1, 0.15) is 23.8 Å². The van der Waals surface area contributed by atoms with Crippen molar-refractivity contribution in [3.05, 3.63) is 59.6 Å². The Morgan fingerprint density at radius 3 is 2.88 bits per heavy atom. The number of hydrogen-bond acceptors (Lipinski definition) is 4. The first-order chi connectivity index (χ1) is 11.6. The number of hydrogen-bond donors (Lipinski definition) is 2. The fraction of sp³-hybridized carbons (Fsp3) is 0.353. The summed E-state index contributed by atoms with van der Waals surface area (Å²) in [6, 6.07) is 7.11. The molecule has 0 bridgehead atoms. The van der Waals surface area contributed by atoms with E-state index in [1.165, 1.54) is 6.07 Å². The van der Waals surface area contributed by atoms with Crippen LogP contribution in [0.15, 0.2) is 41.0 Å². The van der Waals surface area contributed by atoms with E-state index in [2.05, 4.69) is 10.6 Å².